The molecule has 3 rings (SSSR count). The number of benzene rings is 3. The number of rotatable bonds is 6. The second-order valence-electron chi connectivity index (χ2n) is 6.91. The standard InChI is InChI=1S/C24H22IN3O2S/c1-16-11-12-18(15-20(16)25)22(29)28-24(31)27-21-10-6-5-9-19(21)23(30)26-14-13-17-7-3-2-4-8-17/h2-12,15H,13-14H2,1H3,(H,26,30)(H2,27,28,29,31). The lowest BCUT2D eigenvalue weighted by Crippen LogP contribution is -2.35. The number of carbonyl (C=O) groups excluding carboxylic acids is 2. The highest BCUT2D eigenvalue weighted by Crippen LogP contribution is 2.16. The van der Waals surface area contributed by atoms with Gasteiger partial charge in [0.05, 0.1) is 11.3 Å². The average Bonchev–Trinajstić information content (AvgIpc) is 2.76. The summed E-state index contributed by atoms with van der Waals surface area (Å²) in [4.78, 5) is 25.2. The van der Waals surface area contributed by atoms with Crippen LogP contribution in [0.5, 0.6) is 0 Å². The summed E-state index contributed by atoms with van der Waals surface area (Å²) >= 11 is 7.48. The largest absolute Gasteiger partial charge is 0.352 e. The molecule has 0 spiro atoms. The van der Waals surface area contributed by atoms with Gasteiger partial charge in [-0.05, 0) is 83.5 Å². The molecule has 0 aliphatic carbocycles. The number of halogens is 1. The van der Waals surface area contributed by atoms with Crippen molar-refractivity contribution in [2.75, 3.05) is 11.9 Å². The minimum absolute atomic E-state index is 0.130. The van der Waals surface area contributed by atoms with Gasteiger partial charge in [-0.1, -0.05) is 48.5 Å². The summed E-state index contributed by atoms with van der Waals surface area (Å²) in [5.41, 5.74) is 3.76. The first-order valence-electron chi connectivity index (χ1n) is 9.73. The van der Waals surface area contributed by atoms with Crippen LogP contribution < -0.4 is 16.0 Å². The highest BCUT2D eigenvalue weighted by molar-refractivity contribution is 14.1. The number of carbonyl (C=O) groups is 2. The van der Waals surface area contributed by atoms with E-state index in [4.69, 9.17) is 12.2 Å². The molecule has 5 nitrogen and oxygen atoms in total. The van der Waals surface area contributed by atoms with Crippen LogP contribution in [0.25, 0.3) is 0 Å². The van der Waals surface area contributed by atoms with Crippen molar-refractivity contribution in [3.63, 3.8) is 0 Å². The summed E-state index contributed by atoms with van der Waals surface area (Å²) in [6.45, 7) is 2.50. The SMILES string of the molecule is Cc1ccc(C(=O)NC(=S)Nc2ccccc2C(=O)NCCc2ccccc2)cc1I. The Balaban J connectivity index is 1.60. The lowest BCUT2D eigenvalue weighted by atomic mass is 10.1. The number of para-hydroxylation sites is 1. The van der Waals surface area contributed by atoms with E-state index in [9.17, 15) is 9.59 Å². The van der Waals surface area contributed by atoms with E-state index in [-0.39, 0.29) is 16.9 Å². The molecular weight excluding hydrogens is 521 g/mol. The van der Waals surface area contributed by atoms with Crippen LogP contribution in [0.1, 0.15) is 31.8 Å². The van der Waals surface area contributed by atoms with Crippen molar-refractivity contribution in [2.45, 2.75) is 13.3 Å². The molecule has 0 aliphatic rings. The van der Waals surface area contributed by atoms with Crippen LogP contribution >= 0.6 is 34.8 Å². The maximum atomic E-state index is 12.7. The molecule has 31 heavy (non-hydrogen) atoms. The van der Waals surface area contributed by atoms with Crippen LogP contribution in [-0.4, -0.2) is 23.5 Å². The van der Waals surface area contributed by atoms with Crippen molar-refractivity contribution in [1.82, 2.24) is 10.6 Å². The summed E-state index contributed by atoms with van der Waals surface area (Å²) in [5.74, 6) is -0.513. The molecule has 0 bridgehead atoms. The van der Waals surface area contributed by atoms with Crippen molar-refractivity contribution in [1.29, 1.82) is 0 Å². The molecule has 7 heteroatoms. The van der Waals surface area contributed by atoms with Crippen molar-refractivity contribution in [3.8, 4) is 0 Å². The molecule has 0 radical (unpaired) electrons. The third-order valence-electron chi connectivity index (χ3n) is 4.62. The third kappa shape index (κ3) is 6.60. The Morgan fingerprint density at radius 1 is 0.935 bits per heavy atom. The molecule has 3 aromatic carbocycles. The molecule has 0 atom stereocenters. The van der Waals surface area contributed by atoms with Crippen molar-refractivity contribution < 1.29 is 9.59 Å². The quantitative estimate of drug-likeness (QED) is 0.312. The number of hydrogen-bond donors (Lipinski definition) is 3. The molecular formula is C24H22IN3O2S. The van der Waals surface area contributed by atoms with Gasteiger partial charge in [-0.3, -0.25) is 14.9 Å². The molecule has 0 aliphatic heterocycles. The lowest BCUT2D eigenvalue weighted by molar-refractivity contribution is 0.0953. The highest BCUT2D eigenvalue weighted by Gasteiger charge is 2.14. The van der Waals surface area contributed by atoms with Crippen LogP contribution in [0.15, 0.2) is 72.8 Å². The topological polar surface area (TPSA) is 70.2 Å². The first-order valence-corrected chi connectivity index (χ1v) is 11.2. The number of anilines is 1. The van der Waals surface area contributed by atoms with Crippen LogP contribution in [0.4, 0.5) is 5.69 Å². The molecule has 0 unspecified atom stereocenters. The van der Waals surface area contributed by atoms with Crippen molar-refractivity contribution in [2.24, 2.45) is 0 Å². The van der Waals surface area contributed by atoms with E-state index in [1.54, 1.807) is 30.3 Å². The van der Waals surface area contributed by atoms with Crippen LogP contribution in [0.2, 0.25) is 0 Å². The van der Waals surface area contributed by atoms with Crippen LogP contribution in [-0.2, 0) is 6.42 Å². The lowest BCUT2D eigenvalue weighted by Gasteiger charge is -2.14. The molecule has 3 N–H and O–H groups in total. The van der Waals surface area contributed by atoms with E-state index in [0.29, 0.717) is 23.4 Å². The average molecular weight is 543 g/mol. The fourth-order valence-electron chi connectivity index (χ4n) is 2.91. The predicted molar refractivity (Wildman–Crippen MR) is 137 cm³/mol. The van der Waals surface area contributed by atoms with Gasteiger partial charge in [0.1, 0.15) is 0 Å². The van der Waals surface area contributed by atoms with Gasteiger partial charge < -0.3 is 10.6 Å². The first-order chi connectivity index (χ1) is 14.9. The van der Waals surface area contributed by atoms with Gasteiger partial charge in [-0.2, -0.15) is 0 Å². The third-order valence-corrected chi connectivity index (χ3v) is 5.99. The zero-order chi connectivity index (χ0) is 22.2. The van der Waals surface area contributed by atoms with E-state index in [1.165, 1.54) is 0 Å². The molecule has 0 fully saturated rings. The molecule has 3 aromatic rings. The van der Waals surface area contributed by atoms with E-state index in [0.717, 1.165) is 21.1 Å². The second kappa shape index (κ2) is 11.0. The monoisotopic (exact) mass is 543 g/mol. The fourth-order valence-corrected chi connectivity index (χ4v) is 3.63. The number of nitrogens with one attached hydrogen (secondary N) is 3. The summed E-state index contributed by atoms with van der Waals surface area (Å²) in [6.07, 6.45) is 0.742. The van der Waals surface area contributed by atoms with E-state index >= 15 is 0 Å². The van der Waals surface area contributed by atoms with Crippen molar-refractivity contribution in [3.05, 3.63) is 98.6 Å². The fraction of sp³-hybridized carbons (Fsp3) is 0.125. The van der Waals surface area contributed by atoms with E-state index < -0.39 is 0 Å². The second-order valence-corrected chi connectivity index (χ2v) is 8.48. The Hall–Kier alpha value is -2.78. The van der Waals surface area contributed by atoms with Gasteiger partial charge in [-0.25, -0.2) is 0 Å². The Labute approximate surface area is 200 Å². The zero-order valence-corrected chi connectivity index (χ0v) is 19.9. The van der Waals surface area contributed by atoms with Gasteiger partial charge in [0.2, 0.25) is 0 Å². The Bertz CT molecular complexity index is 1100. The number of amides is 2. The molecule has 0 saturated heterocycles. The minimum Gasteiger partial charge on any atom is -0.352 e. The van der Waals surface area contributed by atoms with Crippen molar-refractivity contribution >= 4 is 57.4 Å². The molecule has 0 aromatic heterocycles. The smallest absolute Gasteiger partial charge is 0.257 e. The number of hydrogen-bond acceptors (Lipinski definition) is 3. The Morgan fingerprint density at radius 3 is 2.39 bits per heavy atom. The van der Waals surface area contributed by atoms with E-state index in [2.05, 4.69) is 38.5 Å². The van der Waals surface area contributed by atoms with Gasteiger partial charge in [0, 0.05) is 15.7 Å². The minimum atomic E-state index is -0.305. The summed E-state index contributed by atoms with van der Waals surface area (Å²) in [5, 5.41) is 8.69. The molecule has 2 amide bonds. The van der Waals surface area contributed by atoms with Gasteiger partial charge >= 0.3 is 0 Å². The normalized spacial score (nSPS) is 10.3. The number of aryl methyl sites for hydroxylation is 1. The molecule has 0 heterocycles. The number of thiocarbonyl (C=S) groups is 1. The van der Waals surface area contributed by atoms with Gasteiger partial charge in [0.15, 0.2) is 5.11 Å². The van der Waals surface area contributed by atoms with Crippen LogP contribution in [0.3, 0.4) is 0 Å². The summed E-state index contributed by atoms with van der Waals surface area (Å²) < 4.78 is 1.00. The summed E-state index contributed by atoms with van der Waals surface area (Å²) in [6, 6.07) is 22.5. The maximum Gasteiger partial charge on any atom is 0.257 e. The summed E-state index contributed by atoms with van der Waals surface area (Å²) in [7, 11) is 0. The molecule has 158 valence electrons. The molecule has 0 saturated carbocycles. The highest BCUT2D eigenvalue weighted by atomic mass is 127. The van der Waals surface area contributed by atoms with Gasteiger partial charge in [-0.15, -0.1) is 0 Å². The first kappa shape index (κ1) is 22.9. The maximum absolute atomic E-state index is 12.7. The zero-order valence-electron chi connectivity index (χ0n) is 16.9. The Kier molecular flexibility index (Phi) is 8.13. The Morgan fingerprint density at radius 2 is 1.65 bits per heavy atom. The van der Waals surface area contributed by atoms with Crippen LogP contribution in [0, 0.1) is 10.5 Å². The van der Waals surface area contributed by atoms with E-state index in [1.807, 2.05) is 49.4 Å². The van der Waals surface area contributed by atoms with Gasteiger partial charge in [0.25, 0.3) is 11.8 Å². The predicted octanol–water partition coefficient (Wildman–Crippen LogP) is 4.70.